The lowest BCUT2D eigenvalue weighted by molar-refractivity contribution is 0.152. The van der Waals surface area contributed by atoms with E-state index in [1.54, 1.807) is 13.1 Å². The van der Waals surface area contributed by atoms with E-state index in [0.29, 0.717) is 26.2 Å². The number of hydrogen-bond donors (Lipinski definition) is 2. The van der Waals surface area contributed by atoms with Crippen molar-refractivity contribution in [3.8, 4) is 0 Å². The zero-order valence-electron chi connectivity index (χ0n) is 9.40. The van der Waals surface area contributed by atoms with E-state index in [9.17, 15) is 4.79 Å². The summed E-state index contributed by atoms with van der Waals surface area (Å²) < 4.78 is 4.72. The van der Waals surface area contributed by atoms with E-state index in [2.05, 4.69) is 15.6 Å². The molecule has 1 aromatic rings. The van der Waals surface area contributed by atoms with Crippen LogP contribution >= 0.6 is 0 Å². The molecule has 0 aliphatic heterocycles. The molecule has 0 atom stereocenters. The maximum atomic E-state index is 10.9. The number of amides is 1. The third-order valence-electron chi connectivity index (χ3n) is 1.88. The molecule has 88 valence electrons. The summed E-state index contributed by atoms with van der Waals surface area (Å²) in [5.41, 5.74) is 0.985. The van der Waals surface area contributed by atoms with Crippen LogP contribution in [0.25, 0.3) is 0 Å². The van der Waals surface area contributed by atoms with Crippen LogP contribution in [0.4, 0.5) is 4.79 Å². The Labute approximate surface area is 95.2 Å². The van der Waals surface area contributed by atoms with Gasteiger partial charge in [-0.3, -0.25) is 4.98 Å². The summed E-state index contributed by atoms with van der Waals surface area (Å²) in [6.45, 7) is 4.11. The monoisotopic (exact) mass is 223 g/mol. The third kappa shape index (κ3) is 5.31. The number of ether oxygens (including phenoxy) is 1. The fourth-order valence-corrected chi connectivity index (χ4v) is 1.15. The molecule has 16 heavy (non-hydrogen) atoms. The highest BCUT2D eigenvalue weighted by atomic mass is 16.5. The number of alkyl carbamates (subject to hydrolysis) is 1. The number of nitrogens with one attached hydrogen (secondary N) is 2. The largest absolute Gasteiger partial charge is 0.450 e. The predicted octanol–water partition coefficient (Wildman–Crippen LogP) is 0.917. The highest BCUT2D eigenvalue weighted by Crippen LogP contribution is 1.90. The summed E-state index contributed by atoms with van der Waals surface area (Å²) >= 11 is 0. The average molecular weight is 223 g/mol. The standard InChI is InChI=1S/C11H17N3O2/c1-2-16-11(15)14-8-7-12-9-10-5-3-4-6-13-10/h3-6,12H,2,7-9H2,1H3,(H,14,15). The predicted molar refractivity (Wildman–Crippen MR) is 61.0 cm³/mol. The summed E-state index contributed by atoms with van der Waals surface area (Å²) in [6, 6.07) is 5.78. The molecule has 0 unspecified atom stereocenters. The molecule has 5 heteroatoms. The van der Waals surface area contributed by atoms with Gasteiger partial charge in [0.2, 0.25) is 0 Å². The fourth-order valence-electron chi connectivity index (χ4n) is 1.15. The molecule has 0 saturated carbocycles. The van der Waals surface area contributed by atoms with Gasteiger partial charge in [0.25, 0.3) is 0 Å². The molecule has 1 heterocycles. The Bertz CT molecular complexity index is 303. The van der Waals surface area contributed by atoms with Crippen LogP contribution in [0.15, 0.2) is 24.4 Å². The number of nitrogens with zero attached hydrogens (tertiary/aromatic N) is 1. The maximum absolute atomic E-state index is 10.9. The molecule has 0 radical (unpaired) electrons. The Hall–Kier alpha value is -1.62. The molecule has 0 aromatic carbocycles. The number of rotatable bonds is 6. The lowest BCUT2D eigenvalue weighted by Crippen LogP contribution is -2.32. The van der Waals surface area contributed by atoms with Crippen LogP contribution in [0.5, 0.6) is 0 Å². The Balaban J connectivity index is 2.02. The number of pyridine rings is 1. The minimum atomic E-state index is -0.373. The first kappa shape index (κ1) is 12.4. The second-order valence-corrected chi connectivity index (χ2v) is 3.15. The van der Waals surface area contributed by atoms with E-state index in [-0.39, 0.29) is 6.09 Å². The lowest BCUT2D eigenvalue weighted by atomic mass is 10.3. The van der Waals surface area contributed by atoms with Crippen molar-refractivity contribution in [1.29, 1.82) is 0 Å². The molecule has 1 aromatic heterocycles. The normalized spacial score (nSPS) is 9.81. The quantitative estimate of drug-likeness (QED) is 0.704. The molecule has 2 N–H and O–H groups in total. The van der Waals surface area contributed by atoms with Crippen molar-refractivity contribution in [1.82, 2.24) is 15.6 Å². The Morgan fingerprint density at radius 1 is 1.44 bits per heavy atom. The van der Waals surface area contributed by atoms with E-state index in [1.807, 2.05) is 18.2 Å². The second kappa shape index (κ2) is 7.64. The van der Waals surface area contributed by atoms with Gasteiger partial charge in [0.05, 0.1) is 12.3 Å². The zero-order chi connectivity index (χ0) is 11.6. The van der Waals surface area contributed by atoms with Gasteiger partial charge >= 0.3 is 6.09 Å². The Morgan fingerprint density at radius 3 is 3.00 bits per heavy atom. The van der Waals surface area contributed by atoms with E-state index < -0.39 is 0 Å². The van der Waals surface area contributed by atoms with Crippen molar-refractivity contribution in [2.45, 2.75) is 13.5 Å². The van der Waals surface area contributed by atoms with Gasteiger partial charge in [-0.05, 0) is 19.1 Å². The second-order valence-electron chi connectivity index (χ2n) is 3.15. The highest BCUT2D eigenvalue weighted by molar-refractivity contribution is 5.66. The molecule has 0 bridgehead atoms. The molecule has 0 spiro atoms. The summed E-state index contributed by atoms with van der Waals surface area (Å²) in [4.78, 5) is 15.1. The van der Waals surface area contributed by atoms with Gasteiger partial charge in [-0.2, -0.15) is 0 Å². The van der Waals surface area contributed by atoms with Crippen molar-refractivity contribution < 1.29 is 9.53 Å². The first-order valence-corrected chi connectivity index (χ1v) is 5.34. The van der Waals surface area contributed by atoms with Crippen LogP contribution in [-0.2, 0) is 11.3 Å². The summed E-state index contributed by atoms with van der Waals surface area (Å²) in [5, 5.41) is 5.79. The summed E-state index contributed by atoms with van der Waals surface area (Å²) in [6.07, 6.45) is 1.38. The lowest BCUT2D eigenvalue weighted by Gasteiger charge is -2.06. The van der Waals surface area contributed by atoms with E-state index in [0.717, 1.165) is 5.69 Å². The minimum absolute atomic E-state index is 0.373. The first-order chi connectivity index (χ1) is 7.83. The number of aromatic nitrogens is 1. The zero-order valence-corrected chi connectivity index (χ0v) is 9.40. The first-order valence-electron chi connectivity index (χ1n) is 5.34. The molecular formula is C11H17N3O2. The maximum Gasteiger partial charge on any atom is 0.407 e. The van der Waals surface area contributed by atoms with Gasteiger partial charge in [-0.1, -0.05) is 6.07 Å². The SMILES string of the molecule is CCOC(=O)NCCNCc1ccccn1. The number of hydrogen-bond acceptors (Lipinski definition) is 4. The molecular weight excluding hydrogens is 206 g/mol. The van der Waals surface area contributed by atoms with Crippen LogP contribution < -0.4 is 10.6 Å². The summed E-state index contributed by atoms with van der Waals surface area (Å²) in [5.74, 6) is 0. The van der Waals surface area contributed by atoms with Gasteiger partial charge in [0, 0.05) is 25.8 Å². The average Bonchev–Trinajstić information content (AvgIpc) is 2.30. The van der Waals surface area contributed by atoms with Crippen LogP contribution in [0.1, 0.15) is 12.6 Å². The molecule has 0 aliphatic rings. The van der Waals surface area contributed by atoms with Crippen molar-refractivity contribution in [2.75, 3.05) is 19.7 Å². The van der Waals surface area contributed by atoms with Gasteiger partial charge in [-0.15, -0.1) is 0 Å². The van der Waals surface area contributed by atoms with Crippen molar-refractivity contribution in [3.05, 3.63) is 30.1 Å². The van der Waals surface area contributed by atoms with Gasteiger partial charge in [-0.25, -0.2) is 4.79 Å². The Kier molecular flexibility index (Phi) is 5.95. The van der Waals surface area contributed by atoms with Crippen LogP contribution in [0.2, 0.25) is 0 Å². The van der Waals surface area contributed by atoms with E-state index in [1.165, 1.54) is 0 Å². The van der Waals surface area contributed by atoms with Gasteiger partial charge < -0.3 is 15.4 Å². The van der Waals surface area contributed by atoms with Crippen LogP contribution in [0, 0.1) is 0 Å². The number of carbonyl (C=O) groups excluding carboxylic acids is 1. The molecule has 1 rings (SSSR count). The van der Waals surface area contributed by atoms with Crippen molar-refractivity contribution in [2.24, 2.45) is 0 Å². The highest BCUT2D eigenvalue weighted by Gasteiger charge is 1.97. The van der Waals surface area contributed by atoms with Crippen molar-refractivity contribution >= 4 is 6.09 Å². The molecule has 0 saturated heterocycles. The van der Waals surface area contributed by atoms with Gasteiger partial charge in [0.15, 0.2) is 0 Å². The molecule has 0 aliphatic carbocycles. The fraction of sp³-hybridized carbons (Fsp3) is 0.455. The molecule has 5 nitrogen and oxygen atoms in total. The number of carbonyl (C=O) groups is 1. The van der Waals surface area contributed by atoms with Crippen LogP contribution in [-0.4, -0.2) is 30.8 Å². The molecule has 0 fully saturated rings. The van der Waals surface area contributed by atoms with Crippen molar-refractivity contribution in [3.63, 3.8) is 0 Å². The molecule has 1 amide bonds. The van der Waals surface area contributed by atoms with E-state index in [4.69, 9.17) is 4.74 Å². The van der Waals surface area contributed by atoms with Crippen LogP contribution in [0.3, 0.4) is 0 Å². The smallest absolute Gasteiger partial charge is 0.407 e. The topological polar surface area (TPSA) is 63.2 Å². The third-order valence-corrected chi connectivity index (χ3v) is 1.88. The van der Waals surface area contributed by atoms with E-state index >= 15 is 0 Å². The van der Waals surface area contributed by atoms with Gasteiger partial charge in [0.1, 0.15) is 0 Å². The minimum Gasteiger partial charge on any atom is -0.450 e. The summed E-state index contributed by atoms with van der Waals surface area (Å²) in [7, 11) is 0. The Morgan fingerprint density at radius 2 is 2.31 bits per heavy atom.